The number of nitrogens with zero attached hydrogens (tertiary/aromatic N) is 1. The van der Waals surface area contributed by atoms with Crippen LogP contribution in [0.1, 0.15) is 29.3 Å². The number of rotatable bonds is 10. The molecule has 0 saturated carbocycles. The molecule has 1 saturated heterocycles. The van der Waals surface area contributed by atoms with Gasteiger partial charge in [-0.05, 0) is 52.2 Å². The summed E-state index contributed by atoms with van der Waals surface area (Å²) in [6.45, 7) is 2.60. The second kappa shape index (κ2) is 10.2. The number of ether oxygens (including phenoxy) is 1. The van der Waals surface area contributed by atoms with Gasteiger partial charge in [-0.3, -0.25) is 9.11 Å². The van der Waals surface area contributed by atoms with Crippen LogP contribution in [0.4, 0.5) is 0 Å². The topological polar surface area (TPSA) is 138 Å². The SMILES string of the molecule is CNC(COC(=O)c1ccc(CN2CC(O)NS2(O)O)cc1)CC(C)(NC)NC. The summed E-state index contributed by atoms with van der Waals surface area (Å²) in [7, 11) is 2.39. The average Bonchev–Trinajstić information content (AvgIpc) is 2.96. The number of hydrogen-bond donors (Lipinski definition) is 7. The Morgan fingerprint density at radius 3 is 2.41 bits per heavy atom. The van der Waals surface area contributed by atoms with E-state index in [1.54, 1.807) is 24.3 Å². The Bertz CT molecular complexity index is 671. The fourth-order valence-corrected chi connectivity index (χ4v) is 4.29. The highest BCUT2D eigenvalue weighted by atomic mass is 32.3. The lowest BCUT2D eigenvalue weighted by atomic mass is 10.0. The Kier molecular flexibility index (Phi) is 8.40. The normalized spacial score (nSPS) is 21.7. The van der Waals surface area contributed by atoms with Gasteiger partial charge < -0.3 is 25.8 Å². The van der Waals surface area contributed by atoms with Crippen LogP contribution in [0, 0.1) is 0 Å². The standard InChI is InChI=1S/C18H33N5O5S/c1-18(20-3,21-4)9-15(19-2)12-28-17(25)14-7-5-13(6-8-14)10-23-11-16(24)22-29(23,26)27/h5-8,15-16,19-22,24,26-27H,9-12H2,1-4H3. The number of benzene rings is 1. The van der Waals surface area contributed by atoms with Crippen molar-refractivity contribution in [3.63, 3.8) is 0 Å². The van der Waals surface area contributed by atoms with Crippen LogP contribution in [0.25, 0.3) is 0 Å². The predicted octanol–water partition coefficient (Wildman–Crippen LogP) is 0.281. The highest BCUT2D eigenvalue weighted by molar-refractivity contribution is 8.20. The maximum Gasteiger partial charge on any atom is 0.338 e. The molecule has 0 aliphatic carbocycles. The lowest BCUT2D eigenvalue weighted by Gasteiger charge is -2.35. The van der Waals surface area contributed by atoms with E-state index in [0.717, 1.165) is 5.56 Å². The van der Waals surface area contributed by atoms with E-state index >= 15 is 0 Å². The third-order valence-corrected chi connectivity index (χ3v) is 6.75. The molecule has 2 rings (SSSR count). The van der Waals surface area contributed by atoms with Crippen LogP contribution in [-0.4, -0.2) is 76.7 Å². The van der Waals surface area contributed by atoms with Crippen molar-refractivity contribution < 1.29 is 23.7 Å². The lowest BCUT2D eigenvalue weighted by molar-refractivity contribution is 0.0445. The zero-order valence-corrected chi connectivity index (χ0v) is 18.1. The Morgan fingerprint density at radius 1 is 1.31 bits per heavy atom. The van der Waals surface area contributed by atoms with Crippen LogP contribution < -0.4 is 20.7 Å². The first-order chi connectivity index (χ1) is 13.6. The first-order valence-electron chi connectivity index (χ1n) is 9.42. The molecule has 0 amide bonds. The van der Waals surface area contributed by atoms with Crippen molar-refractivity contribution in [3.8, 4) is 0 Å². The second-order valence-electron chi connectivity index (χ2n) is 7.29. The molecule has 1 aromatic carbocycles. The molecule has 2 atom stereocenters. The van der Waals surface area contributed by atoms with Crippen LogP contribution in [-0.2, 0) is 11.3 Å². The van der Waals surface area contributed by atoms with Crippen molar-refractivity contribution >= 4 is 16.9 Å². The van der Waals surface area contributed by atoms with Gasteiger partial charge in [0, 0.05) is 12.6 Å². The molecular weight excluding hydrogens is 398 g/mol. The van der Waals surface area contributed by atoms with Crippen molar-refractivity contribution in [2.75, 3.05) is 34.3 Å². The predicted molar refractivity (Wildman–Crippen MR) is 113 cm³/mol. The molecule has 0 aromatic heterocycles. The summed E-state index contributed by atoms with van der Waals surface area (Å²) in [4.78, 5) is 12.4. The van der Waals surface area contributed by atoms with E-state index in [9.17, 15) is 19.0 Å². The zero-order chi connectivity index (χ0) is 21.7. The van der Waals surface area contributed by atoms with E-state index in [1.807, 2.05) is 28.1 Å². The van der Waals surface area contributed by atoms with Gasteiger partial charge in [0.2, 0.25) is 0 Å². The monoisotopic (exact) mass is 431 g/mol. The largest absolute Gasteiger partial charge is 0.460 e. The first-order valence-corrected chi connectivity index (χ1v) is 10.9. The maximum atomic E-state index is 12.4. The smallest absolute Gasteiger partial charge is 0.338 e. The van der Waals surface area contributed by atoms with Crippen LogP contribution >= 0.6 is 11.0 Å². The van der Waals surface area contributed by atoms with Crippen LogP contribution in [0.5, 0.6) is 0 Å². The van der Waals surface area contributed by atoms with E-state index in [1.165, 1.54) is 4.31 Å². The number of nitrogens with one attached hydrogen (secondary N) is 4. The van der Waals surface area contributed by atoms with Crippen LogP contribution in [0.3, 0.4) is 0 Å². The number of aliphatic hydroxyl groups is 1. The van der Waals surface area contributed by atoms with E-state index < -0.39 is 23.2 Å². The molecule has 0 spiro atoms. The van der Waals surface area contributed by atoms with Crippen molar-refractivity contribution in [1.29, 1.82) is 0 Å². The first kappa shape index (κ1) is 24.0. The summed E-state index contributed by atoms with van der Waals surface area (Å²) in [5.41, 5.74) is 0.917. The van der Waals surface area contributed by atoms with Crippen molar-refractivity contribution in [1.82, 2.24) is 25.0 Å². The van der Waals surface area contributed by atoms with Gasteiger partial charge >= 0.3 is 5.97 Å². The summed E-state index contributed by atoms with van der Waals surface area (Å²) < 4.78 is 28.9. The Labute approximate surface area is 173 Å². The Morgan fingerprint density at radius 2 is 1.93 bits per heavy atom. The van der Waals surface area contributed by atoms with Gasteiger partial charge in [0.15, 0.2) is 0 Å². The summed E-state index contributed by atoms with van der Waals surface area (Å²) >= 11 is 0. The number of β-amino-alcohol motifs (C(OH)–C–C–N with tert-alkyl or cyclic N) is 1. The summed E-state index contributed by atoms with van der Waals surface area (Å²) in [5.74, 6) is -0.421. The Balaban J connectivity index is 1.90. The lowest BCUT2D eigenvalue weighted by Crippen LogP contribution is -2.55. The molecule has 10 nitrogen and oxygen atoms in total. The van der Waals surface area contributed by atoms with E-state index in [4.69, 9.17) is 4.74 Å². The van der Waals surface area contributed by atoms with E-state index in [-0.39, 0.29) is 31.4 Å². The Hall–Kier alpha value is -1.28. The second-order valence-corrected chi connectivity index (χ2v) is 9.08. The molecule has 0 bridgehead atoms. The zero-order valence-electron chi connectivity index (χ0n) is 17.3. The van der Waals surface area contributed by atoms with E-state index in [0.29, 0.717) is 12.0 Å². The molecule has 11 heteroatoms. The maximum absolute atomic E-state index is 12.4. The minimum atomic E-state index is -3.18. The number of hydrogen-bond acceptors (Lipinski definition) is 10. The van der Waals surface area contributed by atoms with Crippen LogP contribution in [0.15, 0.2) is 24.3 Å². The third kappa shape index (κ3) is 6.60. The summed E-state index contributed by atoms with van der Waals surface area (Å²) in [6.07, 6.45) is -0.271. The fraction of sp³-hybridized carbons (Fsp3) is 0.611. The van der Waals surface area contributed by atoms with Gasteiger partial charge in [-0.1, -0.05) is 23.1 Å². The number of esters is 1. The molecule has 1 aliphatic heterocycles. The number of carbonyl (C=O) groups excluding carboxylic acids is 1. The van der Waals surface area contributed by atoms with Crippen molar-refractivity contribution in [2.24, 2.45) is 0 Å². The average molecular weight is 432 g/mol. The van der Waals surface area contributed by atoms with Gasteiger partial charge in [-0.2, -0.15) is 9.03 Å². The van der Waals surface area contributed by atoms with Gasteiger partial charge in [0.25, 0.3) is 0 Å². The molecule has 166 valence electrons. The summed E-state index contributed by atoms with van der Waals surface area (Å²) in [5, 5.41) is 19.1. The number of likely N-dealkylation sites (N-methyl/N-ethyl adjacent to an activating group) is 1. The minimum absolute atomic E-state index is 0.0255. The van der Waals surface area contributed by atoms with Gasteiger partial charge in [-0.25, -0.2) is 4.79 Å². The minimum Gasteiger partial charge on any atom is -0.460 e. The molecule has 2 unspecified atom stereocenters. The molecule has 7 N–H and O–H groups in total. The van der Waals surface area contributed by atoms with Gasteiger partial charge in [-0.15, -0.1) is 0 Å². The van der Waals surface area contributed by atoms with Crippen molar-refractivity contribution in [3.05, 3.63) is 35.4 Å². The third-order valence-electron chi connectivity index (χ3n) is 5.16. The van der Waals surface area contributed by atoms with E-state index in [2.05, 4.69) is 20.7 Å². The number of carbonyl (C=O) groups is 1. The fourth-order valence-electron chi connectivity index (χ4n) is 3.02. The van der Waals surface area contributed by atoms with Gasteiger partial charge in [0.1, 0.15) is 12.8 Å². The molecule has 1 fully saturated rings. The molecule has 0 radical (unpaired) electrons. The molecule has 1 aromatic rings. The summed E-state index contributed by atoms with van der Waals surface area (Å²) in [6, 6.07) is 6.71. The van der Waals surface area contributed by atoms with Crippen molar-refractivity contribution in [2.45, 2.75) is 37.8 Å². The highest BCUT2D eigenvalue weighted by Crippen LogP contribution is 2.44. The molecule has 1 aliphatic rings. The number of aliphatic hydroxyl groups excluding tert-OH is 1. The quantitative estimate of drug-likeness (QED) is 0.204. The molecule has 1 heterocycles. The van der Waals surface area contributed by atoms with Gasteiger partial charge in [0.05, 0.1) is 17.8 Å². The van der Waals surface area contributed by atoms with Crippen LogP contribution in [0.2, 0.25) is 0 Å². The molecular formula is C18H33N5O5S. The molecule has 29 heavy (non-hydrogen) atoms. The highest BCUT2D eigenvalue weighted by Gasteiger charge is 2.34.